The van der Waals surface area contributed by atoms with E-state index in [4.69, 9.17) is 10.5 Å². The minimum atomic E-state index is 0.118. The molecule has 0 fully saturated rings. The number of nitrogens with zero attached hydrogens (tertiary/aromatic N) is 1. The lowest BCUT2D eigenvalue weighted by atomic mass is 10.1. The molecule has 0 amide bonds. The first kappa shape index (κ1) is 14.4. The highest BCUT2D eigenvalue weighted by Gasteiger charge is 2.07. The van der Waals surface area contributed by atoms with E-state index < -0.39 is 0 Å². The summed E-state index contributed by atoms with van der Waals surface area (Å²) in [6.07, 6.45) is 0.809. The molecule has 2 aromatic rings. The lowest BCUT2D eigenvalue weighted by molar-refractivity contribution is 0.474. The fourth-order valence-electron chi connectivity index (χ4n) is 2.07. The summed E-state index contributed by atoms with van der Waals surface area (Å²) in [7, 11) is 4.03. The summed E-state index contributed by atoms with van der Waals surface area (Å²) in [6.45, 7) is 2.00. The van der Waals surface area contributed by atoms with E-state index in [1.165, 1.54) is 0 Å². The summed E-state index contributed by atoms with van der Waals surface area (Å²) in [5.41, 5.74) is 8.14. The number of benzene rings is 2. The van der Waals surface area contributed by atoms with Crippen LogP contribution in [0, 0.1) is 0 Å². The van der Waals surface area contributed by atoms with Crippen LogP contribution in [-0.2, 0) is 6.42 Å². The maximum Gasteiger partial charge on any atom is 0.130 e. The van der Waals surface area contributed by atoms with E-state index in [9.17, 15) is 0 Å². The van der Waals surface area contributed by atoms with Crippen molar-refractivity contribution in [2.24, 2.45) is 5.73 Å². The van der Waals surface area contributed by atoms with Gasteiger partial charge in [-0.1, -0.05) is 24.3 Å². The van der Waals surface area contributed by atoms with Crippen LogP contribution >= 0.6 is 0 Å². The summed E-state index contributed by atoms with van der Waals surface area (Å²) < 4.78 is 6.02. The third kappa shape index (κ3) is 3.75. The van der Waals surface area contributed by atoms with Crippen molar-refractivity contribution in [2.75, 3.05) is 19.0 Å². The zero-order chi connectivity index (χ0) is 14.5. The smallest absolute Gasteiger partial charge is 0.130 e. The Morgan fingerprint density at radius 3 is 2.55 bits per heavy atom. The topological polar surface area (TPSA) is 38.5 Å². The maximum absolute atomic E-state index is 6.02. The second-order valence-corrected chi connectivity index (χ2v) is 5.28. The van der Waals surface area contributed by atoms with E-state index >= 15 is 0 Å². The molecule has 2 aromatic carbocycles. The van der Waals surface area contributed by atoms with Crippen molar-refractivity contribution in [1.29, 1.82) is 0 Å². The Hall–Kier alpha value is -2.00. The van der Waals surface area contributed by atoms with Crippen molar-refractivity contribution in [1.82, 2.24) is 0 Å². The van der Waals surface area contributed by atoms with Crippen molar-refractivity contribution >= 4 is 5.69 Å². The second-order valence-electron chi connectivity index (χ2n) is 5.28. The minimum absolute atomic E-state index is 0.118. The third-order valence-corrected chi connectivity index (χ3v) is 3.08. The fraction of sp³-hybridized carbons (Fsp3) is 0.294. The zero-order valence-electron chi connectivity index (χ0n) is 12.3. The Kier molecular flexibility index (Phi) is 4.64. The summed E-state index contributed by atoms with van der Waals surface area (Å²) >= 11 is 0. The Bertz CT molecular complexity index is 564. The number of rotatable bonds is 5. The molecule has 0 bridgehead atoms. The molecule has 0 spiro atoms. The van der Waals surface area contributed by atoms with Gasteiger partial charge in [0.25, 0.3) is 0 Å². The highest BCUT2D eigenvalue weighted by Crippen LogP contribution is 2.28. The van der Waals surface area contributed by atoms with Crippen LogP contribution in [0.4, 0.5) is 5.69 Å². The quantitative estimate of drug-likeness (QED) is 0.904. The first-order valence-corrected chi connectivity index (χ1v) is 6.85. The Balaban J connectivity index is 2.23. The molecule has 0 aliphatic rings. The van der Waals surface area contributed by atoms with Crippen LogP contribution in [0.25, 0.3) is 0 Å². The van der Waals surface area contributed by atoms with Crippen LogP contribution in [0.3, 0.4) is 0 Å². The summed E-state index contributed by atoms with van der Waals surface area (Å²) in [5.74, 6) is 1.72. The van der Waals surface area contributed by atoms with Gasteiger partial charge in [0.15, 0.2) is 0 Å². The van der Waals surface area contributed by atoms with Gasteiger partial charge in [-0.2, -0.15) is 0 Å². The van der Waals surface area contributed by atoms with Crippen molar-refractivity contribution in [3.05, 3.63) is 54.1 Å². The van der Waals surface area contributed by atoms with E-state index in [1.54, 1.807) is 0 Å². The molecule has 2 rings (SSSR count). The van der Waals surface area contributed by atoms with Crippen molar-refractivity contribution in [3.8, 4) is 11.5 Å². The monoisotopic (exact) mass is 270 g/mol. The average Bonchev–Trinajstić information content (AvgIpc) is 2.41. The second kappa shape index (κ2) is 6.44. The minimum Gasteiger partial charge on any atom is -0.457 e. The molecular formula is C17H22N2O. The zero-order valence-corrected chi connectivity index (χ0v) is 12.3. The van der Waals surface area contributed by atoms with Crippen LogP contribution in [0.2, 0.25) is 0 Å². The lowest BCUT2D eigenvalue weighted by Crippen LogP contribution is -2.18. The van der Waals surface area contributed by atoms with Gasteiger partial charge in [-0.05, 0) is 37.1 Å². The maximum atomic E-state index is 6.02. The van der Waals surface area contributed by atoms with Crippen LogP contribution in [0.15, 0.2) is 48.5 Å². The number of ether oxygens (including phenoxy) is 1. The largest absolute Gasteiger partial charge is 0.457 e. The highest BCUT2D eigenvalue weighted by molar-refractivity contribution is 5.50. The molecule has 0 heterocycles. The van der Waals surface area contributed by atoms with E-state index in [0.29, 0.717) is 0 Å². The predicted octanol–water partition coefficient (Wildman–Crippen LogP) is 3.43. The molecule has 3 heteroatoms. The molecular weight excluding hydrogens is 248 g/mol. The van der Waals surface area contributed by atoms with Gasteiger partial charge in [0.05, 0.1) is 0 Å². The van der Waals surface area contributed by atoms with E-state index in [0.717, 1.165) is 29.2 Å². The molecule has 0 radical (unpaired) electrons. The van der Waals surface area contributed by atoms with Gasteiger partial charge < -0.3 is 15.4 Å². The van der Waals surface area contributed by atoms with Gasteiger partial charge in [0.2, 0.25) is 0 Å². The molecule has 20 heavy (non-hydrogen) atoms. The number of para-hydroxylation sites is 1. The molecule has 0 aliphatic heterocycles. The average molecular weight is 270 g/mol. The highest BCUT2D eigenvalue weighted by atomic mass is 16.5. The van der Waals surface area contributed by atoms with Gasteiger partial charge in [0.1, 0.15) is 11.5 Å². The molecule has 3 nitrogen and oxygen atoms in total. The van der Waals surface area contributed by atoms with Gasteiger partial charge in [-0.15, -0.1) is 0 Å². The van der Waals surface area contributed by atoms with E-state index in [2.05, 4.69) is 17.0 Å². The van der Waals surface area contributed by atoms with Gasteiger partial charge in [-0.3, -0.25) is 0 Å². The number of hydrogen-bond donors (Lipinski definition) is 1. The molecule has 106 valence electrons. The fourth-order valence-corrected chi connectivity index (χ4v) is 2.07. The van der Waals surface area contributed by atoms with Gasteiger partial charge in [0, 0.05) is 31.9 Å². The summed E-state index contributed by atoms with van der Waals surface area (Å²) in [5, 5.41) is 0. The van der Waals surface area contributed by atoms with Crippen molar-refractivity contribution in [2.45, 2.75) is 19.4 Å². The first-order valence-electron chi connectivity index (χ1n) is 6.85. The molecule has 2 N–H and O–H groups in total. The summed E-state index contributed by atoms with van der Waals surface area (Å²) in [6, 6.07) is 16.2. The van der Waals surface area contributed by atoms with Crippen molar-refractivity contribution in [3.63, 3.8) is 0 Å². The molecule has 0 saturated heterocycles. The molecule has 0 aliphatic carbocycles. The Labute approximate surface area is 121 Å². The molecule has 1 unspecified atom stereocenters. The third-order valence-electron chi connectivity index (χ3n) is 3.08. The Morgan fingerprint density at radius 2 is 1.85 bits per heavy atom. The van der Waals surface area contributed by atoms with Crippen LogP contribution in [0.5, 0.6) is 11.5 Å². The molecule has 0 aromatic heterocycles. The molecule has 0 saturated carbocycles. The Morgan fingerprint density at radius 1 is 1.10 bits per heavy atom. The standard InChI is InChI=1S/C17H22N2O/c1-13(18)11-14-7-4-5-10-17(14)20-16-9-6-8-15(12-16)19(2)3/h4-10,12-13H,11,18H2,1-3H3. The van der Waals surface area contributed by atoms with Gasteiger partial charge >= 0.3 is 0 Å². The van der Waals surface area contributed by atoms with Gasteiger partial charge in [-0.25, -0.2) is 0 Å². The first-order chi connectivity index (χ1) is 9.56. The number of nitrogens with two attached hydrogens (primary N) is 1. The van der Waals surface area contributed by atoms with Crippen molar-refractivity contribution < 1.29 is 4.74 Å². The normalized spacial score (nSPS) is 12.0. The number of anilines is 1. The predicted molar refractivity (Wildman–Crippen MR) is 84.6 cm³/mol. The van der Waals surface area contributed by atoms with E-state index in [1.807, 2.05) is 57.4 Å². The van der Waals surface area contributed by atoms with Crippen LogP contribution < -0.4 is 15.4 Å². The molecule has 1 atom stereocenters. The van der Waals surface area contributed by atoms with Crippen LogP contribution in [0.1, 0.15) is 12.5 Å². The summed E-state index contributed by atoms with van der Waals surface area (Å²) in [4.78, 5) is 2.06. The SMILES string of the molecule is CC(N)Cc1ccccc1Oc1cccc(N(C)C)c1. The number of hydrogen-bond acceptors (Lipinski definition) is 3. The van der Waals surface area contributed by atoms with E-state index in [-0.39, 0.29) is 6.04 Å². The lowest BCUT2D eigenvalue weighted by Gasteiger charge is -2.16. The van der Waals surface area contributed by atoms with Crippen LogP contribution in [-0.4, -0.2) is 20.1 Å².